The van der Waals surface area contributed by atoms with E-state index in [-0.39, 0.29) is 17.9 Å². The van der Waals surface area contributed by atoms with E-state index < -0.39 is 0 Å². The van der Waals surface area contributed by atoms with Crippen molar-refractivity contribution in [3.8, 4) is 0 Å². The van der Waals surface area contributed by atoms with Crippen LogP contribution < -0.4 is 5.32 Å². The number of carbonyl (C=O) groups excluding carboxylic acids is 2. The fraction of sp³-hybridized carbons (Fsp3) is 0.429. The molecule has 1 aromatic rings. The molecular formula is C14H18N2O2S. The van der Waals surface area contributed by atoms with E-state index in [1.165, 1.54) is 0 Å². The predicted octanol–water partition coefficient (Wildman–Crippen LogP) is 1.63. The Morgan fingerprint density at radius 2 is 2.21 bits per heavy atom. The Morgan fingerprint density at radius 3 is 2.89 bits per heavy atom. The highest BCUT2D eigenvalue weighted by Gasteiger charge is 2.24. The maximum Gasteiger partial charge on any atom is 0.251 e. The number of aryl methyl sites for hydroxylation is 1. The highest BCUT2D eigenvalue weighted by atomic mass is 32.1. The minimum absolute atomic E-state index is 0.0261. The molecule has 0 aliphatic carbocycles. The second-order valence-corrected chi connectivity index (χ2v) is 5.50. The molecule has 0 saturated carbocycles. The summed E-state index contributed by atoms with van der Waals surface area (Å²) in [6.07, 6.45) is 1.20. The lowest BCUT2D eigenvalue weighted by Crippen LogP contribution is -2.48. The quantitative estimate of drug-likeness (QED) is 0.808. The first-order valence-electron chi connectivity index (χ1n) is 6.32. The molecule has 1 fully saturated rings. The predicted molar refractivity (Wildman–Crippen MR) is 76.6 cm³/mol. The zero-order valence-electron chi connectivity index (χ0n) is 11.1. The Bertz CT molecular complexity index is 516. The number of benzene rings is 1. The standard InChI is InChI=1S/C14H18N2O2S/c1-9-3-5-11(19)7-12(9)14(18)15-10-4-6-13(17)16(2)8-10/h3,5,7,10,19H,4,6,8H2,1-2H3,(H,15,18). The van der Waals surface area contributed by atoms with E-state index in [9.17, 15) is 9.59 Å². The molecule has 1 heterocycles. The van der Waals surface area contributed by atoms with Crippen molar-refractivity contribution in [1.82, 2.24) is 10.2 Å². The second kappa shape index (κ2) is 5.65. The van der Waals surface area contributed by atoms with Crippen LogP contribution in [0.2, 0.25) is 0 Å². The first-order valence-corrected chi connectivity index (χ1v) is 6.76. The van der Waals surface area contributed by atoms with Gasteiger partial charge in [-0.1, -0.05) is 6.07 Å². The van der Waals surface area contributed by atoms with Gasteiger partial charge in [0.2, 0.25) is 5.91 Å². The Balaban J connectivity index is 2.05. The minimum atomic E-state index is -0.0962. The van der Waals surface area contributed by atoms with Gasteiger partial charge in [0.05, 0.1) is 0 Å². The molecule has 0 aromatic heterocycles. The number of nitrogens with one attached hydrogen (secondary N) is 1. The summed E-state index contributed by atoms with van der Waals surface area (Å²) in [5.41, 5.74) is 1.57. The van der Waals surface area contributed by atoms with Crippen LogP contribution in [0.5, 0.6) is 0 Å². The topological polar surface area (TPSA) is 49.4 Å². The smallest absolute Gasteiger partial charge is 0.251 e. The van der Waals surface area contributed by atoms with Gasteiger partial charge in [-0.25, -0.2) is 0 Å². The summed E-state index contributed by atoms with van der Waals surface area (Å²) in [7, 11) is 1.76. The third-order valence-electron chi connectivity index (χ3n) is 3.43. The summed E-state index contributed by atoms with van der Waals surface area (Å²) in [5.74, 6) is 0.0418. The van der Waals surface area contributed by atoms with Crippen LogP contribution in [0.4, 0.5) is 0 Å². The Labute approximate surface area is 118 Å². The molecule has 19 heavy (non-hydrogen) atoms. The molecule has 1 aliphatic rings. The molecule has 2 amide bonds. The summed E-state index contributed by atoms with van der Waals surface area (Å²) in [6, 6.07) is 5.54. The second-order valence-electron chi connectivity index (χ2n) is 4.98. The van der Waals surface area contributed by atoms with E-state index in [2.05, 4.69) is 17.9 Å². The molecule has 1 unspecified atom stereocenters. The average Bonchev–Trinajstić information content (AvgIpc) is 2.36. The van der Waals surface area contributed by atoms with Gasteiger partial charge >= 0.3 is 0 Å². The van der Waals surface area contributed by atoms with Gasteiger partial charge in [0, 0.05) is 36.5 Å². The molecule has 0 spiro atoms. The van der Waals surface area contributed by atoms with Crippen LogP contribution in [0.25, 0.3) is 0 Å². The number of rotatable bonds is 2. The number of amides is 2. The average molecular weight is 278 g/mol. The third kappa shape index (κ3) is 3.29. The first kappa shape index (κ1) is 13.9. The zero-order chi connectivity index (χ0) is 14.0. The van der Waals surface area contributed by atoms with E-state index in [0.717, 1.165) is 10.5 Å². The number of carbonyl (C=O) groups is 2. The van der Waals surface area contributed by atoms with E-state index in [4.69, 9.17) is 0 Å². The van der Waals surface area contributed by atoms with Gasteiger partial charge in [-0.3, -0.25) is 9.59 Å². The highest BCUT2D eigenvalue weighted by Crippen LogP contribution is 2.15. The number of hydrogen-bond donors (Lipinski definition) is 2. The highest BCUT2D eigenvalue weighted by molar-refractivity contribution is 7.80. The van der Waals surface area contributed by atoms with Gasteiger partial charge in [0.25, 0.3) is 5.91 Å². The van der Waals surface area contributed by atoms with Gasteiger partial charge in [-0.2, -0.15) is 0 Å². The van der Waals surface area contributed by atoms with Crippen molar-refractivity contribution in [3.63, 3.8) is 0 Å². The number of hydrogen-bond acceptors (Lipinski definition) is 3. The van der Waals surface area contributed by atoms with Crippen LogP contribution in [0.1, 0.15) is 28.8 Å². The molecule has 102 valence electrons. The van der Waals surface area contributed by atoms with Gasteiger partial charge in [-0.15, -0.1) is 12.6 Å². The van der Waals surface area contributed by atoms with Crippen LogP contribution in [-0.2, 0) is 4.79 Å². The van der Waals surface area contributed by atoms with E-state index in [1.807, 2.05) is 19.1 Å². The maximum absolute atomic E-state index is 12.2. The lowest BCUT2D eigenvalue weighted by Gasteiger charge is -2.30. The number of nitrogens with zero attached hydrogens (tertiary/aromatic N) is 1. The summed E-state index contributed by atoms with van der Waals surface area (Å²) in [4.78, 5) is 26.1. The van der Waals surface area contributed by atoms with E-state index in [1.54, 1.807) is 18.0 Å². The summed E-state index contributed by atoms with van der Waals surface area (Å²) >= 11 is 4.26. The molecule has 0 radical (unpaired) electrons. The molecule has 5 heteroatoms. The lowest BCUT2D eigenvalue weighted by molar-refractivity contribution is -0.132. The van der Waals surface area contributed by atoms with Gasteiger partial charge in [0.15, 0.2) is 0 Å². The van der Waals surface area contributed by atoms with Gasteiger partial charge in [0.1, 0.15) is 0 Å². The minimum Gasteiger partial charge on any atom is -0.348 e. The third-order valence-corrected chi connectivity index (χ3v) is 3.71. The van der Waals surface area contributed by atoms with Gasteiger partial charge < -0.3 is 10.2 Å². The Morgan fingerprint density at radius 1 is 1.47 bits per heavy atom. The molecule has 1 atom stereocenters. The van der Waals surface area contributed by atoms with Gasteiger partial charge in [-0.05, 0) is 31.0 Å². The Hall–Kier alpha value is -1.49. The largest absolute Gasteiger partial charge is 0.348 e. The van der Waals surface area contributed by atoms with Crippen molar-refractivity contribution in [2.24, 2.45) is 0 Å². The maximum atomic E-state index is 12.2. The molecule has 0 bridgehead atoms. The monoisotopic (exact) mass is 278 g/mol. The fourth-order valence-electron chi connectivity index (χ4n) is 2.25. The van der Waals surface area contributed by atoms with Crippen LogP contribution in [-0.4, -0.2) is 36.3 Å². The van der Waals surface area contributed by atoms with E-state index in [0.29, 0.717) is 24.9 Å². The molecule has 1 aromatic carbocycles. The summed E-state index contributed by atoms with van der Waals surface area (Å²) in [6.45, 7) is 2.48. The van der Waals surface area contributed by atoms with Crippen LogP contribution >= 0.6 is 12.6 Å². The van der Waals surface area contributed by atoms with Crippen molar-refractivity contribution >= 4 is 24.4 Å². The summed E-state index contributed by atoms with van der Waals surface area (Å²) in [5, 5.41) is 2.99. The fourth-order valence-corrected chi connectivity index (χ4v) is 2.45. The van der Waals surface area contributed by atoms with E-state index >= 15 is 0 Å². The number of thiol groups is 1. The number of piperidine rings is 1. The SMILES string of the molecule is Cc1ccc(S)cc1C(=O)NC1CCC(=O)N(C)C1. The number of likely N-dealkylation sites (tertiary alicyclic amines) is 1. The van der Waals surface area contributed by atoms with Crippen LogP contribution in [0, 0.1) is 6.92 Å². The molecule has 1 saturated heterocycles. The van der Waals surface area contributed by atoms with Crippen molar-refractivity contribution in [2.75, 3.05) is 13.6 Å². The Kier molecular flexibility index (Phi) is 4.14. The lowest BCUT2D eigenvalue weighted by atomic mass is 10.0. The molecule has 2 rings (SSSR count). The molecule has 1 aliphatic heterocycles. The first-order chi connectivity index (χ1) is 8.97. The number of likely N-dealkylation sites (N-methyl/N-ethyl adjacent to an activating group) is 1. The summed E-state index contributed by atoms with van der Waals surface area (Å²) < 4.78 is 0. The molecule has 4 nitrogen and oxygen atoms in total. The van der Waals surface area contributed by atoms with Crippen LogP contribution in [0.15, 0.2) is 23.1 Å². The molecular weight excluding hydrogens is 260 g/mol. The van der Waals surface area contributed by atoms with Crippen molar-refractivity contribution < 1.29 is 9.59 Å². The zero-order valence-corrected chi connectivity index (χ0v) is 12.0. The van der Waals surface area contributed by atoms with Crippen molar-refractivity contribution in [1.29, 1.82) is 0 Å². The normalized spacial score (nSPS) is 19.4. The van der Waals surface area contributed by atoms with Crippen LogP contribution in [0.3, 0.4) is 0 Å². The van der Waals surface area contributed by atoms with Crippen molar-refractivity contribution in [2.45, 2.75) is 30.7 Å². The van der Waals surface area contributed by atoms with Crippen molar-refractivity contribution in [3.05, 3.63) is 29.3 Å². The molecule has 1 N–H and O–H groups in total.